The van der Waals surface area contributed by atoms with Gasteiger partial charge in [-0.15, -0.1) is 22.7 Å². The smallest absolute Gasteiger partial charge is 0.328 e. The van der Waals surface area contributed by atoms with Crippen LogP contribution in [0.4, 0.5) is 11.4 Å². The Balaban J connectivity index is 0.000000157. The standard InChI is InChI=1S/C20H22N2O3S2.C13H18N2O2S.C7H6O2S/c1-20(14-5-3-6-15(11-14)21-27(2,24)25)17-12-22(13-18(17)20)19(23)9-8-16-7-4-10-26-16;1-13(11-7-14-8-12(11)13)9-4-3-5-10(6-9)15-18(2,16)17;8-7(9)4-3-6-2-1-5-10-6/h3-11,17-18,21H,12-13H2,1-2H3;3-6,11-12,14-15H,7-8H2,1-2H3;1-5H,(H,8,9)/b9-8+;;4-3+. The summed E-state index contributed by atoms with van der Waals surface area (Å²) in [6.45, 7) is 8.14. The van der Waals surface area contributed by atoms with Gasteiger partial charge in [0.1, 0.15) is 0 Å². The number of sulfonamides is 2. The molecular formula is C40H46N4O7S4. The molecule has 4 atom stereocenters. The van der Waals surface area contributed by atoms with E-state index in [1.54, 1.807) is 35.6 Å². The number of carbonyl (C=O) groups is 2. The average molecular weight is 823 g/mol. The molecule has 2 saturated heterocycles. The number of carbonyl (C=O) groups excluding carboxylic acids is 1. The molecule has 11 nitrogen and oxygen atoms in total. The summed E-state index contributed by atoms with van der Waals surface area (Å²) in [5.74, 6) is 1.39. The Morgan fingerprint density at radius 3 is 1.60 bits per heavy atom. The van der Waals surface area contributed by atoms with E-state index in [4.69, 9.17) is 5.11 Å². The van der Waals surface area contributed by atoms with Crippen LogP contribution in [0.2, 0.25) is 0 Å². The van der Waals surface area contributed by atoms with E-state index < -0.39 is 26.0 Å². The summed E-state index contributed by atoms with van der Waals surface area (Å²) in [5.41, 5.74) is 3.85. The molecule has 55 heavy (non-hydrogen) atoms. The molecule has 8 rings (SSSR count). The molecule has 2 saturated carbocycles. The van der Waals surface area contributed by atoms with E-state index in [1.807, 2.05) is 70.3 Å². The molecule has 4 N–H and O–H groups in total. The number of benzene rings is 2. The monoisotopic (exact) mass is 822 g/mol. The molecule has 1 amide bonds. The summed E-state index contributed by atoms with van der Waals surface area (Å²) in [7, 11) is -6.49. The van der Waals surface area contributed by atoms with Crippen molar-refractivity contribution in [3.63, 3.8) is 0 Å². The first kappa shape index (κ1) is 40.4. The minimum atomic E-state index is -3.29. The first-order valence-corrected chi connectivity index (χ1v) is 23.3. The Morgan fingerprint density at radius 1 is 0.727 bits per heavy atom. The Morgan fingerprint density at radius 2 is 1.18 bits per heavy atom. The van der Waals surface area contributed by atoms with Crippen LogP contribution in [0, 0.1) is 23.7 Å². The van der Waals surface area contributed by atoms with Crippen LogP contribution in [-0.4, -0.2) is 77.4 Å². The SMILES string of the molecule is CC1(c2cccc(NS(C)(=O)=O)c2)C2CN(C(=O)/C=C/c3cccs3)CC21.CC1(c2cccc(NS(C)(=O)=O)c2)C2CNCC21.O=C(O)/C=C/c1cccs1. The number of nitrogens with zero attached hydrogens (tertiary/aromatic N) is 1. The molecule has 0 radical (unpaired) electrons. The summed E-state index contributed by atoms with van der Waals surface area (Å²) in [6, 6.07) is 23.1. The van der Waals surface area contributed by atoms with Crippen LogP contribution in [0.1, 0.15) is 34.7 Å². The fraction of sp³-hybridized carbons (Fsp3) is 0.350. The fourth-order valence-electron chi connectivity index (χ4n) is 8.17. The third-order valence-corrected chi connectivity index (χ3v) is 14.0. The first-order chi connectivity index (χ1) is 26.0. The van der Waals surface area contributed by atoms with Crippen molar-refractivity contribution in [1.82, 2.24) is 10.2 Å². The van der Waals surface area contributed by atoms with Crippen molar-refractivity contribution in [2.75, 3.05) is 48.1 Å². The minimum absolute atomic E-state index is 0.00341. The fourth-order valence-corrected chi connectivity index (χ4v) is 10.5. The number of piperidine rings is 2. The molecule has 0 spiro atoms. The van der Waals surface area contributed by atoms with Crippen LogP contribution in [0.25, 0.3) is 12.2 Å². The molecule has 4 aromatic rings. The number of thiophene rings is 2. The second-order valence-electron chi connectivity index (χ2n) is 14.8. The topological polar surface area (TPSA) is 162 Å². The second kappa shape index (κ2) is 16.1. The predicted molar refractivity (Wildman–Crippen MR) is 222 cm³/mol. The maximum atomic E-state index is 12.4. The van der Waals surface area contributed by atoms with Gasteiger partial charge >= 0.3 is 5.97 Å². The van der Waals surface area contributed by atoms with Gasteiger partial charge in [0.05, 0.1) is 12.5 Å². The number of hydrogen-bond acceptors (Lipinski definition) is 9. The van der Waals surface area contributed by atoms with Gasteiger partial charge in [0.15, 0.2) is 0 Å². The van der Waals surface area contributed by atoms with E-state index in [0.29, 0.717) is 35.0 Å². The highest BCUT2D eigenvalue weighted by Gasteiger charge is 2.66. The Bertz CT molecular complexity index is 2270. The summed E-state index contributed by atoms with van der Waals surface area (Å²) < 4.78 is 50.5. The summed E-state index contributed by atoms with van der Waals surface area (Å²) >= 11 is 3.13. The largest absolute Gasteiger partial charge is 0.478 e. The van der Waals surface area contributed by atoms with Gasteiger partial charge in [0.25, 0.3) is 0 Å². The number of anilines is 2. The highest BCUT2D eigenvalue weighted by Crippen LogP contribution is 2.63. The van der Waals surface area contributed by atoms with Gasteiger partial charge in [-0.3, -0.25) is 14.2 Å². The zero-order chi connectivity index (χ0) is 39.6. The number of amides is 1. The quantitative estimate of drug-likeness (QED) is 0.138. The number of aliphatic carboxylic acids is 1. The van der Waals surface area contributed by atoms with Crippen molar-refractivity contribution >= 4 is 78.1 Å². The Kier molecular flexibility index (Phi) is 11.8. The van der Waals surface area contributed by atoms with Gasteiger partial charge in [-0.25, -0.2) is 21.6 Å². The van der Waals surface area contributed by atoms with E-state index >= 15 is 0 Å². The molecule has 2 aromatic carbocycles. The molecule has 15 heteroatoms. The Labute approximate surface area is 331 Å². The lowest BCUT2D eigenvalue weighted by Gasteiger charge is -2.24. The van der Waals surface area contributed by atoms with Crippen molar-refractivity contribution in [2.45, 2.75) is 24.7 Å². The normalized spacial score (nSPS) is 26.3. The molecular weight excluding hydrogens is 777 g/mol. The van der Waals surface area contributed by atoms with Gasteiger partial charge in [-0.05, 0) is 107 Å². The highest BCUT2D eigenvalue weighted by atomic mass is 32.2. The number of carboxylic acid groups (broad SMARTS) is 1. The molecule has 292 valence electrons. The molecule has 4 aliphatic rings. The third-order valence-electron chi connectivity index (χ3n) is 11.2. The van der Waals surface area contributed by atoms with Gasteiger partial charge in [-0.1, -0.05) is 50.2 Å². The predicted octanol–water partition coefficient (Wildman–Crippen LogP) is 6.19. The van der Waals surface area contributed by atoms with Crippen molar-refractivity contribution in [2.24, 2.45) is 23.7 Å². The zero-order valence-corrected chi connectivity index (χ0v) is 34.3. The lowest BCUT2D eigenvalue weighted by molar-refractivity contribution is -0.131. The summed E-state index contributed by atoms with van der Waals surface area (Å²) in [6.07, 6.45) is 8.57. The van der Waals surface area contributed by atoms with Gasteiger partial charge in [0.2, 0.25) is 26.0 Å². The van der Waals surface area contributed by atoms with Crippen molar-refractivity contribution in [3.05, 3.63) is 117 Å². The maximum absolute atomic E-state index is 12.4. The van der Waals surface area contributed by atoms with Crippen LogP contribution < -0.4 is 14.8 Å². The zero-order valence-electron chi connectivity index (χ0n) is 31.0. The molecule has 4 unspecified atom stereocenters. The average Bonchev–Trinajstić information content (AvgIpc) is 3.71. The molecule has 2 aromatic heterocycles. The van der Waals surface area contributed by atoms with Crippen LogP contribution in [0.3, 0.4) is 0 Å². The lowest BCUT2D eigenvalue weighted by atomic mass is 9.92. The number of fused-ring (bicyclic) bond motifs is 2. The second-order valence-corrected chi connectivity index (χ2v) is 20.3. The van der Waals surface area contributed by atoms with Crippen LogP contribution in [-0.2, 0) is 40.5 Å². The highest BCUT2D eigenvalue weighted by molar-refractivity contribution is 7.92. The molecule has 4 heterocycles. The van der Waals surface area contributed by atoms with E-state index in [0.717, 1.165) is 53.8 Å². The number of nitrogens with one attached hydrogen (secondary N) is 3. The third kappa shape index (κ3) is 9.76. The summed E-state index contributed by atoms with van der Waals surface area (Å²) in [4.78, 5) is 26.4. The Hall–Kier alpha value is -4.28. The van der Waals surface area contributed by atoms with Crippen molar-refractivity contribution in [1.29, 1.82) is 0 Å². The van der Waals surface area contributed by atoms with Crippen LogP contribution in [0.15, 0.2) is 95.7 Å². The first-order valence-electron chi connectivity index (χ1n) is 17.8. The summed E-state index contributed by atoms with van der Waals surface area (Å²) in [5, 5.41) is 15.5. The van der Waals surface area contributed by atoms with Crippen molar-refractivity contribution < 1.29 is 31.5 Å². The van der Waals surface area contributed by atoms with E-state index in [9.17, 15) is 26.4 Å². The van der Waals surface area contributed by atoms with Gasteiger partial charge in [-0.2, -0.15) is 0 Å². The van der Waals surface area contributed by atoms with Gasteiger partial charge in [0, 0.05) is 57.2 Å². The van der Waals surface area contributed by atoms with E-state index in [-0.39, 0.29) is 16.7 Å². The molecule has 2 aliphatic carbocycles. The van der Waals surface area contributed by atoms with Crippen LogP contribution >= 0.6 is 22.7 Å². The number of hydrogen-bond donors (Lipinski definition) is 4. The maximum Gasteiger partial charge on any atom is 0.328 e. The number of rotatable bonds is 10. The lowest BCUT2D eigenvalue weighted by Crippen LogP contribution is -2.33. The minimum Gasteiger partial charge on any atom is -0.478 e. The van der Waals surface area contributed by atoms with E-state index in [2.05, 4.69) is 40.7 Å². The molecule has 4 fully saturated rings. The number of carboxylic acids is 1. The van der Waals surface area contributed by atoms with Crippen molar-refractivity contribution in [3.8, 4) is 0 Å². The molecule has 2 aliphatic heterocycles. The van der Waals surface area contributed by atoms with Gasteiger partial charge < -0.3 is 15.3 Å². The number of likely N-dealkylation sites (tertiary alicyclic amines) is 1. The van der Waals surface area contributed by atoms with Crippen LogP contribution in [0.5, 0.6) is 0 Å². The van der Waals surface area contributed by atoms with E-state index in [1.165, 1.54) is 23.2 Å². The molecule has 0 bridgehead atoms.